The van der Waals surface area contributed by atoms with Crippen molar-refractivity contribution < 1.29 is 10.2 Å². The van der Waals surface area contributed by atoms with Gasteiger partial charge in [0.1, 0.15) is 5.01 Å². The van der Waals surface area contributed by atoms with E-state index < -0.39 is 0 Å². The first-order chi connectivity index (χ1) is 10.3. The normalized spacial score (nSPS) is 23.5. The molecule has 1 saturated heterocycles. The minimum atomic E-state index is 0.0510. The summed E-state index contributed by atoms with van der Waals surface area (Å²) in [5.74, 6) is 0.179. The molecule has 2 aromatic rings. The molecule has 0 saturated carbocycles. The highest BCUT2D eigenvalue weighted by Crippen LogP contribution is 2.28. The van der Waals surface area contributed by atoms with Gasteiger partial charge in [-0.2, -0.15) is 11.3 Å². The summed E-state index contributed by atoms with van der Waals surface area (Å²) in [6.07, 6.45) is 2.07. The number of thiophene rings is 1. The van der Waals surface area contributed by atoms with E-state index in [1.165, 1.54) is 5.56 Å². The minimum Gasteiger partial charge on any atom is -0.396 e. The van der Waals surface area contributed by atoms with Crippen LogP contribution >= 0.6 is 22.7 Å². The van der Waals surface area contributed by atoms with E-state index in [2.05, 4.69) is 27.1 Å². The molecule has 0 spiro atoms. The molecule has 0 unspecified atom stereocenters. The molecule has 2 aromatic heterocycles. The topological polar surface area (TPSA) is 56.6 Å². The molecule has 6 heteroatoms. The molecule has 1 aliphatic heterocycles. The van der Waals surface area contributed by atoms with E-state index in [1.807, 2.05) is 0 Å². The van der Waals surface area contributed by atoms with E-state index in [4.69, 9.17) is 4.98 Å². The number of nitrogens with zero attached hydrogens (tertiary/aromatic N) is 2. The summed E-state index contributed by atoms with van der Waals surface area (Å²) in [5, 5.41) is 26.4. The second-order valence-corrected chi connectivity index (χ2v) is 7.10. The smallest absolute Gasteiger partial charge is 0.124 e. The van der Waals surface area contributed by atoms with Gasteiger partial charge in [-0.1, -0.05) is 0 Å². The number of hydrogen-bond donors (Lipinski definition) is 2. The SMILES string of the molecule is OC[C@H]1CCCN(Cc2csc(-c3ccsc3)n2)[C@H]1CO. The molecule has 1 aliphatic rings. The molecule has 0 aliphatic carbocycles. The largest absolute Gasteiger partial charge is 0.396 e. The van der Waals surface area contributed by atoms with E-state index in [9.17, 15) is 10.2 Å². The zero-order valence-electron chi connectivity index (χ0n) is 11.8. The van der Waals surface area contributed by atoms with Gasteiger partial charge in [0.05, 0.1) is 12.3 Å². The maximum absolute atomic E-state index is 9.63. The Morgan fingerprint density at radius 1 is 1.29 bits per heavy atom. The number of piperidine rings is 1. The zero-order chi connectivity index (χ0) is 14.7. The summed E-state index contributed by atoms with van der Waals surface area (Å²) in [6, 6.07) is 2.14. The van der Waals surface area contributed by atoms with E-state index in [-0.39, 0.29) is 25.2 Å². The van der Waals surface area contributed by atoms with Gasteiger partial charge in [0, 0.05) is 35.5 Å². The van der Waals surface area contributed by atoms with E-state index in [1.54, 1.807) is 22.7 Å². The summed E-state index contributed by atoms with van der Waals surface area (Å²) < 4.78 is 0. The van der Waals surface area contributed by atoms with Crippen LogP contribution in [0.25, 0.3) is 10.6 Å². The predicted octanol–water partition coefficient (Wildman–Crippen LogP) is 2.44. The molecule has 3 heterocycles. The van der Waals surface area contributed by atoms with Crippen LogP contribution in [-0.2, 0) is 6.54 Å². The molecule has 3 rings (SSSR count). The standard InChI is InChI=1S/C15H20N2O2S2/c18-7-11-2-1-4-17(14(11)8-19)6-13-10-21-15(16-13)12-3-5-20-9-12/h3,5,9-11,14,18-19H,1-2,4,6-8H2/t11-,14+/m1/s1. The van der Waals surface area contributed by atoms with Gasteiger partial charge in [-0.05, 0) is 36.8 Å². The molecule has 21 heavy (non-hydrogen) atoms. The Kier molecular flexibility index (Phi) is 5.03. The average Bonchev–Trinajstić information content (AvgIpc) is 3.17. The van der Waals surface area contributed by atoms with Crippen LogP contribution in [-0.4, -0.2) is 45.9 Å². The summed E-state index contributed by atoms with van der Waals surface area (Å²) in [6.45, 7) is 1.97. The maximum Gasteiger partial charge on any atom is 0.124 e. The van der Waals surface area contributed by atoms with Crippen molar-refractivity contribution in [2.24, 2.45) is 5.92 Å². The Labute approximate surface area is 132 Å². The van der Waals surface area contributed by atoms with Crippen molar-refractivity contribution >= 4 is 22.7 Å². The number of aromatic nitrogens is 1. The quantitative estimate of drug-likeness (QED) is 0.887. The number of aliphatic hydroxyl groups excluding tert-OH is 2. The van der Waals surface area contributed by atoms with Gasteiger partial charge in [-0.25, -0.2) is 4.98 Å². The monoisotopic (exact) mass is 324 g/mol. The minimum absolute atomic E-state index is 0.0510. The summed E-state index contributed by atoms with van der Waals surface area (Å²) >= 11 is 3.35. The molecule has 0 radical (unpaired) electrons. The summed E-state index contributed by atoms with van der Waals surface area (Å²) in [7, 11) is 0. The van der Waals surface area contributed by atoms with E-state index in [0.29, 0.717) is 0 Å². The number of thiazole rings is 1. The Balaban J connectivity index is 1.70. The van der Waals surface area contributed by atoms with Crippen molar-refractivity contribution in [2.45, 2.75) is 25.4 Å². The van der Waals surface area contributed by atoms with Gasteiger partial charge < -0.3 is 10.2 Å². The first kappa shape index (κ1) is 15.1. The van der Waals surface area contributed by atoms with Crippen LogP contribution in [0.2, 0.25) is 0 Å². The van der Waals surface area contributed by atoms with Crippen LogP contribution in [0.3, 0.4) is 0 Å². The van der Waals surface area contributed by atoms with Gasteiger partial charge in [-0.3, -0.25) is 4.90 Å². The molecule has 114 valence electrons. The highest BCUT2D eigenvalue weighted by molar-refractivity contribution is 7.14. The van der Waals surface area contributed by atoms with Gasteiger partial charge in [0.25, 0.3) is 0 Å². The van der Waals surface area contributed by atoms with Crippen molar-refractivity contribution in [3.63, 3.8) is 0 Å². The van der Waals surface area contributed by atoms with Gasteiger partial charge >= 0.3 is 0 Å². The van der Waals surface area contributed by atoms with Crippen LogP contribution in [0.15, 0.2) is 22.2 Å². The lowest BCUT2D eigenvalue weighted by molar-refractivity contribution is 0.0156. The second-order valence-electron chi connectivity index (χ2n) is 5.46. The lowest BCUT2D eigenvalue weighted by Crippen LogP contribution is -2.48. The first-order valence-electron chi connectivity index (χ1n) is 7.24. The third kappa shape index (κ3) is 3.35. The molecule has 0 amide bonds. The first-order valence-corrected chi connectivity index (χ1v) is 9.07. The highest BCUT2D eigenvalue weighted by Gasteiger charge is 2.30. The fourth-order valence-electron chi connectivity index (χ4n) is 2.99. The average molecular weight is 324 g/mol. The Morgan fingerprint density at radius 3 is 2.90 bits per heavy atom. The number of hydrogen-bond acceptors (Lipinski definition) is 6. The van der Waals surface area contributed by atoms with Crippen molar-refractivity contribution in [3.05, 3.63) is 27.9 Å². The molecular formula is C15H20N2O2S2. The third-order valence-corrected chi connectivity index (χ3v) is 5.76. The Morgan fingerprint density at radius 2 is 2.19 bits per heavy atom. The summed E-state index contributed by atoms with van der Waals surface area (Å²) in [4.78, 5) is 6.97. The van der Waals surface area contributed by atoms with Crippen LogP contribution in [0.1, 0.15) is 18.5 Å². The molecule has 2 N–H and O–H groups in total. The predicted molar refractivity (Wildman–Crippen MR) is 86.5 cm³/mol. The summed E-state index contributed by atoms with van der Waals surface area (Å²) in [5.41, 5.74) is 2.24. The van der Waals surface area contributed by atoms with Crippen molar-refractivity contribution in [2.75, 3.05) is 19.8 Å². The van der Waals surface area contributed by atoms with Crippen LogP contribution in [0, 0.1) is 5.92 Å². The maximum atomic E-state index is 9.63. The number of likely N-dealkylation sites (tertiary alicyclic amines) is 1. The fraction of sp³-hybridized carbons (Fsp3) is 0.533. The van der Waals surface area contributed by atoms with Gasteiger partial charge in [-0.15, -0.1) is 11.3 Å². The lowest BCUT2D eigenvalue weighted by atomic mass is 9.90. The number of rotatable bonds is 5. The second kappa shape index (κ2) is 6.98. The number of aliphatic hydroxyl groups is 2. The lowest BCUT2D eigenvalue weighted by Gasteiger charge is -2.39. The zero-order valence-corrected chi connectivity index (χ0v) is 13.4. The van der Waals surface area contributed by atoms with Crippen molar-refractivity contribution in [1.29, 1.82) is 0 Å². The molecule has 0 bridgehead atoms. The fourth-order valence-corrected chi connectivity index (χ4v) is 4.52. The van der Waals surface area contributed by atoms with Crippen LogP contribution < -0.4 is 0 Å². The molecule has 1 fully saturated rings. The van der Waals surface area contributed by atoms with E-state index in [0.717, 1.165) is 36.6 Å². The van der Waals surface area contributed by atoms with Gasteiger partial charge in [0.15, 0.2) is 0 Å². The molecular weight excluding hydrogens is 304 g/mol. The highest BCUT2D eigenvalue weighted by atomic mass is 32.1. The van der Waals surface area contributed by atoms with Crippen LogP contribution in [0.4, 0.5) is 0 Å². The third-order valence-electron chi connectivity index (χ3n) is 4.14. The Hall–Kier alpha value is -0.790. The molecule has 2 atom stereocenters. The Bertz CT molecular complexity index is 556. The van der Waals surface area contributed by atoms with Crippen LogP contribution in [0.5, 0.6) is 0 Å². The molecule has 0 aromatic carbocycles. The van der Waals surface area contributed by atoms with Gasteiger partial charge in [0.2, 0.25) is 0 Å². The van der Waals surface area contributed by atoms with E-state index >= 15 is 0 Å². The van der Waals surface area contributed by atoms with Crippen molar-refractivity contribution in [1.82, 2.24) is 9.88 Å². The van der Waals surface area contributed by atoms with Crippen molar-refractivity contribution in [3.8, 4) is 10.6 Å². The molecule has 4 nitrogen and oxygen atoms in total.